The van der Waals surface area contributed by atoms with E-state index in [1.165, 1.54) is 11.6 Å². The van der Waals surface area contributed by atoms with Crippen molar-refractivity contribution in [3.05, 3.63) is 48.6 Å². The third-order valence-corrected chi connectivity index (χ3v) is 3.22. The molecule has 2 atom stereocenters. The summed E-state index contributed by atoms with van der Waals surface area (Å²) in [5, 5.41) is 6.31. The number of nitrogens with one attached hydrogen (secondary N) is 2. The first-order valence-electron chi connectivity index (χ1n) is 6.00. The Bertz CT molecular complexity index is 388. The fourth-order valence-corrected chi connectivity index (χ4v) is 2.35. The highest BCUT2D eigenvalue weighted by atomic mass is 16.1. The Morgan fingerprint density at radius 3 is 2.88 bits per heavy atom. The maximum absolute atomic E-state index is 11.4. The molecule has 2 N–H and O–H groups in total. The number of carbonyl (C=O) groups excluding carboxylic acids is 1. The highest BCUT2D eigenvalue weighted by Gasteiger charge is 2.26. The molecule has 0 radical (unpaired) electrons. The molecule has 0 bridgehead atoms. The van der Waals surface area contributed by atoms with Gasteiger partial charge in [-0.1, -0.05) is 36.9 Å². The van der Waals surface area contributed by atoms with Crippen molar-refractivity contribution in [3.8, 4) is 0 Å². The van der Waals surface area contributed by atoms with Crippen LogP contribution in [0.5, 0.6) is 0 Å². The lowest BCUT2D eigenvalue weighted by Gasteiger charge is -2.32. The van der Waals surface area contributed by atoms with Gasteiger partial charge >= 0.3 is 0 Å². The van der Waals surface area contributed by atoms with Crippen LogP contribution in [0, 0.1) is 0 Å². The molecule has 1 fully saturated rings. The van der Waals surface area contributed by atoms with E-state index in [1.807, 2.05) is 18.2 Å². The molecule has 0 spiro atoms. The molecule has 90 valence electrons. The summed E-state index contributed by atoms with van der Waals surface area (Å²) in [5.74, 6) is 0.293. The zero-order valence-corrected chi connectivity index (χ0v) is 9.86. The smallest absolute Gasteiger partial charge is 0.243 e. The standard InChI is InChI=1S/C14H18N2O/c1-2-14(17)16-13-10-15-9-8-12(13)11-6-4-3-5-7-11/h2-7,12-13,15H,1,8-10H2,(H,16,17). The molecule has 1 aliphatic heterocycles. The minimum absolute atomic E-state index is 0.0976. The van der Waals surface area contributed by atoms with Crippen molar-refractivity contribution >= 4 is 5.91 Å². The van der Waals surface area contributed by atoms with Gasteiger partial charge in [-0.3, -0.25) is 4.79 Å². The van der Waals surface area contributed by atoms with Crippen molar-refractivity contribution in [3.63, 3.8) is 0 Å². The summed E-state index contributed by atoms with van der Waals surface area (Å²) in [4.78, 5) is 11.4. The lowest BCUT2D eigenvalue weighted by molar-refractivity contribution is -0.117. The van der Waals surface area contributed by atoms with Gasteiger partial charge < -0.3 is 10.6 Å². The van der Waals surface area contributed by atoms with E-state index < -0.39 is 0 Å². The molecular formula is C14H18N2O. The van der Waals surface area contributed by atoms with Crippen LogP contribution in [0.25, 0.3) is 0 Å². The Morgan fingerprint density at radius 1 is 1.41 bits per heavy atom. The van der Waals surface area contributed by atoms with Crippen LogP contribution >= 0.6 is 0 Å². The molecule has 3 heteroatoms. The minimum Gasteiger partial charge on any atom is -0.348 e. The second-order valence-electron chi connectivity index (χ2n) is 4.33. The quantitative estimate of drug-likeness (QED) is 0.771. The van der Waals surface area contributed by atoms with Crippen molar-refractivity contribution in [1.82, 2.24) is 10.6 Å². The fraction of sp³-hybridized carbons (Fsp3) is 0.357. The predicted octanol–water partition coefficient (Wildman–Crippen LogP) is 1.43. The third kappa shape index (κ3) is 2.94. The fourth-order valence-electron chi connectivity index (χ4n) is 2.35. The molecule has 0 aromatic heterocycles. The van der Waals surface area contributed by atoms with Gasteiger partial charge in [-0.15, -0.1) is 0 Å². The van der Waals surface area contributed by atoms with E-state index in [-0.39, 0.29) is 11.9 Å². The Morgan fingerprint density at radius 2 is 2.18 bits per heavy atom. The molecule has 2 unspecified atom stereocenters. The first kappa shape index (κ1) is 11.9. The molecule has 2 rings (SSSR count). The van der Waals surface area contributed by atoms with Crippen molar-refractivity contribution in [1.29, 1.82) is 0 Å². The van der Waals surface area contributed by atoms with E-state index >= 15 is 0 Å². The molecule has 1 aromatic rings. The lowest BCUT2D eigenvalue weighted by Crippen LogP contribution is -2.49. The second-order valence-corrected chi connectivity index (χ2v) is 4.33. The van der Waals surface area contributed by atoms with Crippen LogP contribution in [-0.4, -0.2) is 25.0 Å². The Labute approximate surface area is 102 Å². The summed E-state index contributed by atoms with van der Waals surface area (Å²) in [5.41, 5.74) is 1.29. The first-order chi connectivity index (χ1) is 8.31. The van der Waals surface area contributed by atoms with Gasteiger partial charge in [-0.05, 0) is 24.6 Å². The lowest BCUT2D eigenvalue weighted by atomic mass is 9.86. The Balaban J connectivity index is 2.12. The molecule has 0 aliphatic carbocycles. The average molecular weight is 230 g/mol. The molecule has 0 saturated carbocycles. The Kier molecular flexibility index (Phi) is 3.94. The Hall–Kier alpha value is -1.61. The predicted molar refractivity (Wildman–Crippen MR) is 68.8 cm³/mol. The van der Waals surface area contributed by atoms with Gasteiger partial charge in [0, 0.05) is 18.5 Å². The van der Waals surface area contributed by atoms with Gasteiger partial charge in [0.25, 0.3) is 0 Å². The molecule has 1 aliphatic rings. The van der Waals surface area contributed by atoms with Crippen LogP contribution in [-0.2, 0) is 4.79 Å². The largest absolute Gasteiger partial charge is 0.348 e. The zero-order valence-electron chi connectivity index (χ0n) is 9.86. The number of rotatable bonds is 3. The van der Waals surface area contributed by atoms with E-state index in [9.17, 15) is 4.79 Å². The molecular weight excluding hydrogens is 212 g/mol. The summed E-state index contributed by atoms with van der Waals surface area (Å²) in [6.07, 6.45) is 2.38. The average Bonchev–Trinajstić information content (AvgIpc) is 2.40. The molecule has 1 amide bonds. The van der Waals surface area contributed by atoms with Crippen molar-refractivity contribution in [2.75, 3.05) is 13.1 Å². The molecule has 3 nitrogen and oxygen atoms in total. The number of amides is 1. The maximum atomic E-state index is 11.4. The topological polar surface area (TPSA) is 41.1 Å². The minimum atomic E-state index is -0.0976. The van der Waals surface area contributed by atoms with Crippen LogP contribution in [0.4, 0.5) is 0 Å². The summed E-state index contributed by atoms with van der Waals surface area (Å²) in [6.45, 7) is 5.31. The highest BCUT2D eigenvalue weighted by Crippen LogP contribution is 2.25. The molecule has 17 heavy (non-hydrogen) atoms. The summed E-state index contributed by atoms with van der Waals surface area (Å²) >= 11 is 0. The van der Waals surface area contributed by atoms with Gasteiger partial charge in [0.2, 0.25) is 5.91 Å². The highest BCUT2D eigenvalue weighted by molar-refractivity contribution is 5.87. The monoisotopic (exact) mass is 230 g/mol. The SMILES string of the molecule is C=CC(=O)NC1CNCCC1c1ccccc1. The molecule has 1 aromatic carbocycles. The van der Waals surface area contributed by atoms with E-state index in [0.29, 0.717) is 5.92 Å². The second kappa shape index (κ2) is 5.64. The van der Waals surface area contributed by atoms with Crippen molar-refractivity contribution in [2.45, 2.75) is 18.4 Å². The number of hydrogen-bond acceptors (Lipinski definition) is 2. The van der Waals surface area contributed by atoms with Crippen LogP contribution in [0.2, 0.25) is 0 Å². The maximum Gasteiger partial charge on any atom is 0.243 e. The van der Waals surface area contributed by atoms with Gasteiger partial charge in [0.05, 0.1) is 0 Å². The first-order valence-corrected chi connectivity index (χ1v) is 6.00. The van der Waals surface area contributed by atoms with Gasteiger partial charge in [0.1, 0.15) is 0 Å². The summed E-state index contributed by atoms with van der Waals surface area (Å²) < 4.78 is 0. The normalized spacial score (nSPS) is 24.0. The summed E-state index contributed by atoms with van der Waals surface area (Å²) in [6, 6.07) is 10.5. The van der Waals surface area contributed by atoms with E-state index in [2.05, 4.69) is 29.3 Å². The van der Waals surface area contributed by atoms with E-state index in [4.69, 9.17) is 0 Å². The number of piperidine rings is 1. The third-order valence-electron chi connectivity index (χ3n) is 3.22. The van der Waals surface area contributed by atoms with Gasteiger partial charge in [-0.25, -0.2) is 0 Å². The van der Waals surface area contributed by atoms with Crippen molar-refractivity contribution in [2.24, 2.45) is 0 Å². The van der Waals surface area contributed by atoms with E-state index in [1.54, 1.807) is 0 Å². The molecule has 1 heterocycles. The molecule has 1 saturated heterocycles. The van der Waals surface area contributed by atoms with Gasteiger partial charge in [0.15, 0.2) is 0 Å². The van der Waals surface area contributed by atoms with Crippen molar-refractivity contribution < 1.29 is 4.79 Å². The number of benzene rings is 1. The van der Waals surface area contributed by atoms with Crippen LogP contribution in [0.3, 0.4) is 0 Å². The van der Waals surface area contributed by atoms with Crippen LogP contribution < -0.4 is 10.6 Å². The van der Waals surface area contributed by atoms with Gasteiger partial charge in [-0.2, -0.15) is 0 Å². The van der Waals surface area contributed by atoms with E-state index in [0.717, 1.165) is 19.5 Å². The van der Waals surface area contributed by atoms with Crippen LogP contribution in [0.1, 0.15) is 17.9 Å². The number of hydrogen-bond donors (Lipinski definition) is 2. The zero-order chi connectivity index (χ0) is 12.1. The summed E-state index contributed by atoms with van der Waals surface area (Å²) in [7, 11) is 0. The number of carbonyl (C=O) groups is 1. The van der Waals surface area contributed by atoms with Crippen LogP contribution in [0.15, 0.2) is 43.0 Å².